The van der Waals surface area contributed by atoms with E-state index < -0.39 is 0 Å². The molecule has 0 aliphatic heterocycles. The highest BCUT2D eigenvalue weighted by Crippen LogP contribution is 2.29. The lowest BCUT2D eigenvalue weighted by atomic mass is 10.1. The monoisotopic (exact) mass is 179 g/mol. The molecule has 0 fully saturated rings. The van der Waals surface area contributed by atoms with E-state index in [9.17, 15) is 5.11 Å². The number of aryl methyl sites for hydroxylation is 2. The lowest BCUT2D eigenvalue weighted by Crippen LogP contribution is -2.00. The van der Waals surface area contributed by atoms with Crippen LogP contribution in [0.25, 0.3) is 0 Å². The highest BCUT2D eigenvalue weighted by Gasteiger charge is 2.13. The Morgan fingerprint density at radius 1 is 1.31 bits per heavy atom. The molecule has 1 aromatic rings. The van der Waals surface area contributed by atoms with Gasteiger partial charge in [-0.25, -0.2) is 5.90 Å². The van der Waals surface area contributed by atoms with Crippen molar-refractivity contribution in [2.75, 3.05) is 0 Å². The summed E-state index contributed by atoms with van der Waals surface area (Å²) in [6.07, 6.45) is 3.36. The molecule has 1 aromatic carbocycles. The van der Waals surface area contributed by atoms with Gasteiger partial charge in [0.05, 0.1) is 6.61 Å². The second-order valence-corrected chi connectivity index (χ2v) is 3.41. The Morgan fingerprint density at radius 2 is 2.00 bits per heavy atom. The molecule has 0 aromatic heterocycles. The SMILES string of the molecule is NOCc1cc2c(cc1O)CCC2. The summed E-state index contributed by atoms with van der Waals surface area (Å²) < 4.78 is 0. The quantitative estimate of drug-likeness (QED) is 0.672. The molecule has 0 amide bonds. The molecule has 2 rings (SSSR count). The Hall–Kier alpha value is -1.06. The fraction of sp³-hybridized carbons (Fsp3) is 0.400. The summed E-state index contributed by atoms with van der Waals surface area (Å²) in [7, 11) is 0. The second kappa shape index (κ2) is 3.36. The van der Waals surface area contributed by atoms with Crippen molar-refractivity contribution in [3.8, 4) is 5.75 Å². The number of phenols is 1. The maximum absolute atomic E-state index is 9.57. The molecule has 1 aliphatic carbocycles. The summed E-state index contributed by atoms with van der Waals surface area (Å²) in [5, 5.41) is 9.57. The number of fused-ring (bicyclic) bond motifs is 1. The van der Waals surface area contributed by atoms with Gasteiger partial charge in [0.2, 0.25) is 0 Å². The number of hydrogen-bond donors (Lipinski definition) is 2. The zero-order chi connectivity index (χ0) is 9.26. The van der Waals surface area contributed by atoms with Crippen LogP contribution in [0.4, 0.5) is 0 Å². The van der Waals surface area contributed by atoms with E-state index in [1.54, 1.807) is 0 Å². The molecule has 0 heterocycles. The molecule has 0 saturated carbocycles. The first kappa shape index (κ1) is 8.53. The van der Waals surface area contributed by atoms with Crippen molar-refractivity contribution in [3.05, 3.63) is 28.8 Å². The Balaban J connectivity index is 2.37. The predicted molar refractivity (Wildman–Crippen MR) is 49.1 cm³/mol. The minimum atomic E-state index is 0.277. The average Bonchev–Trinajstić information content (AvgIpc) is 2.52. The van der Waals surface area contributed by atoms with Crippen LogP contribution in [-0.2, 0) is 24.3 Å². The molecule has 3 N–H and O–H groups in total. The Bertz CT molecular complexity index is 323. The van der Waals surface area contributed by atoms with E-state index in [1.807, 2.05) is 12.1 Å². The summed E-state index contributed by atoms with van der Waals surface area (Å²) in [6.45, 7) is 0.277. The molecule has 13 heavy (non-hydrogen) atoms. The summed E-state index contributed by atoms with van der Waals surface area (Å²) in [4.78, 5) is 4.51. The van der Waals surface area contributed by atoms with Gasteiger partial charge in [-0.1, -0.05) is 0 Å². The predicted octanol–water partition coefficient (Wildman–Crippen LogP) is 1.27. The zero-order valence-corrected chi connectivity index (χ0v) is 7.42. The van der Waals surface area contributed by atoms with Gasteiger partial charge in [0, 0.05) is 5.56 Å². The summed E-state index contributed by atoms with van der Waals surface area (Å²) in [5.74, 6) is 5.26. The molecule has 3 heteroatoms. The Kier molecular flexibility index (Phi) is 2.20. The van der Waals surface area contributed by atoms with Crippen LogP contribution in [0.3, 0.4) is 0 Å². The fourth-order valence-electron chi connectivity index (χ4n) is 1.87. The molecular weight excluding hydrogens is 166 g/mol. The summed E-state index contributed by atoms with van der Waals surface area (Å²) in [6, 6.07) is 3.82. The largest absolute Gasteiger partial charge is 0.508 e. The third-order valence-corrected chi connectivity index (χ3v) is 2.53. The fourth-order valence-corrected chi connectivity index (χ4v) is 1.87. The average molecular weight is 179 g/mol. The van der Waals surface area contributed by atoms with Gasteiger partial charge in [0.25, 0.3) is 0 Å². The van der Waals surface area contributed by atoms with Crippen LogP contribution in [-0.4, -0.2) is 5.11 Å². The van der Waals surface area contributed by atoms with Crippen LogP contribution in [0.5, 0.6) is 5.75 Å². The summed E-state index contributed by atoms with van der Waals surface area (Å²) >= 11 is 0. The van der Waals surface area contributed by atoms with Crippen LogP contribution in [0.15, 0.2) is 12.1 Å². The van der Waals surface area contributed by atoms with Crippen molar-refractivity contribution in [2.24, 2.45) is 5.90 Å². The van der Waals surface area contributed by atoms with Crippen molar-refractivity contribution in [1.29, 1.82) is 0 Å². The number of benzene rings is 1. The molecule has 0 saturated heterocycles. The molecule has 70 valence electrons. The lowest BCUT2D eigenvalue weighted by Gasteiger charge is -2.06. The van der Waals surface area contributed by atoms with E-state index in [1.165, 1.54) is 17.5 Å². The number of nitrogens with two attached hydrogens (primary N) is 1. The third kappa shape index (κ3) is 1.53. The van der Waals surface area contributed by atoms with Gasteiger partial charge in [-0.2, -0.15) is 0 Å². The standard InChI is InChI=1S/C10H13NO2/c11-13-6-9-4-7-2-1-3-8(7)5-10(9)12/h4-5,12H,1-3,6,11H2. The number of rotatable bonds is 2. The number of phenolic OH excluding ortho intramolecular Hbond substituents is 1. The number of hydrogen-bond acceptors (Lipinski definition) is 3. The Labute approximate surface area is 77.1 Å². The minimum absolute atomic E-state index is 0.277. The van der Waals surface area contributed by atoms with Gasteiger partial charge >= 0.3 is 0 Å². The molecule has 0 unspecified atom stereocenters. The van der Waals surface area contributed by atoms with Crippen molar-refractivity contribution in [1.82, 2.24) is 0 Å². The molecule has 3 nitrogen and oxygen atoms in total. The summed E-state index contributed by atoms with van der Waals surface area (Å²) in [5.41, 5.74) is 3.37. The number of aromatic hydroxyl groups is 1. The van der Waals surface area contributed by atoms with Gasteiger partial charge < -0.3 is 5.11 Å². The molecule has 0 atom stereocenters. The van der Waals surface area contributed by atoms with Gasteiger partial charge in [-0.15, -0.1) is 0 Å². The van der Waals surface area contributed by atoms with Crippen LogP contribution >= 0.6 is 0 Å². The normalized spacial score (nSPS) is 14.5. The molecule has 0 spiro atoms. The van der Waals surface area contributed by atoms with E-state index in [0.29, 0.717) is 5.75 Å². The van der Waals surface area contributed by atoms with Gasteiger partial charge in [0.1, 0.15) is 5.75 Å². The highest BCUT2D eigenvalue weighted by atomic mass is 16.6. The van der Waals surface area contributed by atoms with E-state index in [2.05, 4.69) is 4.84 Å². The van der Waals surface area contributed by atoms with Crippen molar-refractivity contribution in [2.45, 2.75) is 25.9 Å². The highest BCUT2D eigenvalue weighted by molar-refractivity contribution is 5.43. The first-order valence-electron chi connectivity index (χ1n) is 4.46. The smallest absolute Gasteiger partial charge is 0.121 e. The molecular formula is C10H13NO2. The van der Waals surface area contributed by atoms with Crippen LogP contribution in [0.1, 0.15) is 23.1 Å². The molecule has 0 bridgehead atoms. The van der Waals surface area contributed by atoms with Crippen LogP contribution in [0, 0.1) is 0 Å². The zero-order valence-electron chi connectivity index (χ0n) is 7.42. The molecule has 1 aliphatic rings. The lowest BCUT2D eigenvalue weighted by molar-refractivity contribution is 0.122. The maximum Gasteiger partial charge on any atom is 0.121 e. The first-order valence-corrected chi connectivity index (χ1v) is 4.46. The van der Waals surface area contributed by atoms with Crippen LogP contribution in [0.2, 0.25) is 0 Å². The van der Waals surface area contributed by atoms with E-state index in [4.69, 9.17) is 5.90 Å². The minimum Gasteiger partial charge on any atom is -0.508 e. The van der Waals surface area contributed by atoms with Gasteiger partial charge in [0.15, 0.2) is 0 Å². The van der Waals surface area contributed by atoms with Crippen molar-refractivity contribution in [3.63, 3.8) is 0 Å². The van der Waals surface area contributed by atoms with Crippen molar-refractivity contribution >= 4 is 0 Å². The topological polar surface area (TPSA) is 55.5 Å². The first-order chi connectivity index (χ1) is 6.31. The Morgan fingerprint density at radius 3 is 2.69 bits per heavy atom. The second-order valence-electron chi connectivity index (χ2n) is 3.41. The third-order valence-electron chi connectivity index (χ3n) is 2.53. The maximum atomic E-state index is 9.57. The van der Waals surface area contributed by atoms with Gasteiger partial charge in [-0.05, 0) is 42.5 Å². The van der Waals surface area contributed by atoms with Gasteiger partial charge in [-0.3, -0.25) is 4.84 Å². The van der Waals surface area contributed by atoms with E-state index in [-0.39, 0.29) is 6.61 Å². The van der Waals surface area contributed by atoms with Crippen LogP contribution < -0.4 is 5.90 Å². The van der Waals surface area contributed by atoms with Crippen molar-refractivity contribution < 1.29 is 9.94 Å². The molecule has 0 radical (unpaired) electrons. The van der Waals surface area contributed by atoms with E-state index in [0.717, 1.165) is 18.4 Å². The van der Waals surface area contributed by atoms with E-state index >= 15 is 0 Å².